The molecule has 24 heavy (non-hydrogen) atoms. The van der Waals surface area contributed by atoms with Crippen LogP contribution in [0.1, 0.15) is 22.6 Å². The van der Waals surface area contributed by atoms with Crippen molar-refractivity contribution in [2.75, 3.05) is 4.72 Å². The standard InChI is InChI=1S/C14H10F2N4O2S2/c1-7-2-3-9(12-11(7)8(4-17)5-18-12)20-24(21,22)10-6-19-14(23-10)13(15)16/h2-3,5-6,13,18,20H,1H3. The third-order valence-corrected chi connectivity index (χ3v) is 6.19. The molecular weight excluding hydrogens is 358 g/mol. The van der Waals surface area contributed by atoms with Crippen molar-refractivity contribution < 1.29 is 17.2 Å². The summed E-state index contributed by atoms with van der Waals surface area (Å²) in [5.41, 5.74) is 1.88. The van der Waals surface area contributed by atoms with E-state index < -0.39 is 21.5 Å². The minimum Gasteiger partial charge on any atom is -0.358 e. The molecule has 0 saturated heterocycles. The first-order valence-corrected chi connectivity index (χ1v) is 8.91. The van der Waals surface area contributed by atoms with E-state index in [1.807, 2.05) is 6.07 Å². The number of nitriles is 1. The Hall–Kier alpha value is -2.51. The third-order valence-electron chi connectivity index (χ3n) is 3.36. The van der Waals surface area contributed by atoms with Crippen LogP contribution in [0.5, 0.6) is 0 Å². The molecule has 0 radical (unpaired) electrons. The monoisotopic (exact) mass is 368 g/mol. The van der Waals surface area contributed by atoms with E-state index in [1.54, 1.807) is 19.1 Å². The lowest BCUT2D eigenvalue weighted by atomic mass is 10.1. The molecule has 6 nitrogen and oxygen atoms in total. The van der Waals surface area contributed by atoms with Crippen LogP contribution in [0.15, 0.2) is 28.7 Å². The maximum absolute atomic E-state index is 12.6. The second-order valence-electron chi connectivity index (χ2n) is 4.92. The Morgan fingerprint density at radius 2 is 2.17 bits per heavy atom. The van der Waals surface area contributed by atoms with Crippen LogP contribution in [0.25, 0.3) is 10.9 Å². The number of halogens is 2. The van der Waals surface area contributed by atoms with Crippen molar-refractivity contribution >= 4 is 38.0 Å². The highest BCUT2D eigenvalue weighted by Gasteiger charge is 2.23. The molecule has 124 valence electrons. The van der Waals surface area contributed by atoms with E-state index in [2.05, 4.69) is 14.7 Å². The first-order chi connectivity index (χ1) is 11.3. The summed E-state index contributed by atoms with van der Waals surface area (Å²) in [7, 11) is -4.06. The Bertz CT molecular complexity index is 1060. The average Bonchev–Trinajstić information content (AvgIpc) is 3.17. The number of aromatic amines is 1. The molecule has 0 aliphatic heterocycles. The largest absolute Gasteiger partial charge is 0.358 e. The summed E-state index contributed by atoms with van der Waals surface area (Å²) in [6.07, 6.45) is -0.446. The van der Waals surface area contributed by atoms with Gasteiger partial charge in [0.05, 0.1) is 23.0 Å². The van der Waals surface area contributed by atoms with Gasteiger partial charge in [0.15, 0.2) is 9.22 Å². The number of alkyl halides is 2. The predicted molar refractivity (Wildman–Crippen MR) is 85.6 cm³/mol. The number of anilines is 1. The van der Waals surface area contributed by atoms with E-state index >= 15 is 0 Å². The van der Waals surface area contributed by atoms with Gasteiger partial charge >= 0.3 is 0 Å². The van der Waals surface area contributed by atoms with Crippen molar-refractivity contribution in [3.63, 3.8) is 0 Å². The van der Waals surface area contributed by atoms with Gasteiger partial charge in [-0.15, -0.1) is 0 Å². The van der Waals surface area contributed by atoms with E-state index in [0.717, 1.165) is 11.8 Å². The number of aryl methyl sites for hydroxylation is 1. The zero-order valence-corrected chi connectivity index (χ0v) is 13.8. The Labute approximate surface area is 139 Å². The van der Waals surface area contributed by atoms with Gasteiger partial charge in [0.2, 0.25) is 0 Å². The molecule has 3 aromatic rings. The Morgan fingerprint density at radius 1 is 1.42 bits per heavy atom. The Balaban J connectivity index is 2.04. The number of thiazole rings is 1. The number of nitrogens with one attached hydrogen (secondary N) is 2. The lowest BCUT2D eigenvalue weighted by Crippen LogP contribution is -2.12. The highest BCUT2D eigenvalue weighted by atomic mass is 32.2. The molecule has 10 heteroatoms. The lowest BCUT2D eigenvalue weighted by Gasteiger charge is -2.08. The van der Waals surface area contributed by atoms with Crippen LogP contribution in [-0.4, -0.2) is 18.4 Å². The fraction of sp³-hybridized carbons (Fsp3) is 0.143. The summed E-state index contributed by atoms with van der Waals surface area (Å²) in [4.78, 5) is 6.28. The van der Waals surface area contributed by atoms with Gasteiger partial charge < -0.3 is 4.98 Å². The molecule has 0 unspecified atom stereocenters. The minimum absolute atomic E-state index is 0.226. The smallest absolute Gasteiger partial charge is 0.289 e. The SMILES string of the molecule is Cc1ccc(NS(=O)(=O)c2cnc(C(F)F)s2)c2[nH]cc(C#N)c12. The molecule has 0 aliphatic carbocycles. The summed E-state index contributed by atoms with van der Waals surface area (Å²) in [6, 6.07) is 5.24. The van der Waals surface area contributed by atoms with Crippen LogP contribution >= 0.6 is 11.3 Å². The van der Waals surface area contributed by atoms with E-state index in [9.17, 15) is 17.2 Å². The number of nitrogens with zero attached hydrogens (tertiary/aromatic N) is 2. The van der Waals surface area contributed by atoms with E-state index in [4.69, 9.17) is 5.26 Å². The molecule has 0 aliphatic rings. The molecule has 2 aromatic heterocycles. The number of benzene rings is 1. The molecule has 2 N–H and O–H groups in total. The van der Waals surface area contributed by atoms with Crippen molar-refractivity contribution in [2.45, 2.75) is 17.6 Å². The average molecular weight is 368 g/mol. The van der Waals surface area contributed by atoms with E-state index in [-0.39, 0.29) is 9.90 Å². The minimum atomic E-state index is -4.06. The second-order valence-corrected chi connectivity index (χ2v) is 7.89. The molecule has 0 spiro atoms. The Morgan fingerprint density at radius 3 is 2.79 bits per heavy atom. The van der Waals surface area contributed by atoms with Crippen LogP contribution in [0, 0.1) is 18.3 Å². The number of sulfonamides is 1. The number of rotatable bonds is 4. The molecule has 0 amide bonds. The second kappa shape index (κ2) is 5.85. The summed E-state index contributed by atoms with van der Waals surface area (Å²) < 4.78 is 52.0. The van der Waals surface area contributed by atoms with Crippen molar-refractivity contribution in [1.82, 2.24) is 9.97 Å². The zero-order valence-electron chi connectivity index (χ0n) is 12.2. The van der Waals surface area contributed by atoms with Crippen molar-refractivity contribution in [2.24, 2.45) is 0 Å². The van der Waals surface area contributed by atoms with Crippen molar-refractivity contribution in [3.05, 3.63) is 40.7 Å². The maximum Gasteiger partial charge on any atom is 0.289 e. The van der Waals surface area contributed by atoms with Crippen LogP contribution in [0.3, 0.4) is 0 Å². The van der Waals surface area contributed by atoms with E-state index in [1.165, 1.54) is 6.20 Å². The quantitative estimate of drug-likeness (QED) is 0.736. The predicted octanol–water partition coefficient (Wildman–Crippen LogP) is 3.54. The maximum atomic E-state index is 12.6. The van der Waals surface area contributed by atoms with Crippen LogP contribution in [0.4, 0.5) is 14.5 Å². The van der Waals surface area contributed by atoms with Gasteiger partial charge in [0.25, 0.3) is 16.4 Å². The van der Waals surface area contributed by atoms with Gasteiger partial charge in [-0.1, -0.05) is 17.4 Å². The van der Waals surface area contributed by atoms with Gasteiger partial charge in [-0.2, -0.15) is 5.26 Å². The summed E-state index contributed by atoms with van der Waals surface area (Å²) >= 11 is 0.411. The normalized spacial score (nSPS) is 11.8. The molecular formula is C14H10F2N4O2S2. The summed E-state index contributed by atoms with van der Waals surface area (Å²) in [5, 5.41) is 9.17. The highest BCUT2D eigenvalue weighted by molar-refractivity contribution is 7.94. The molecule has 0 fully saturated rings. The van der Waals surface area contributed by atoms with Crippen LogP contribution in [-0.2, 0) is 10.0 Å². The fourth-order valence-electron chi connectivity index (χ4n) is 2.29. The van der Waals surface area contributed by atoms with Gasteiger partial charge in [-0.05, 0) is 18.6 Å². The fourth-order valence-corrected chi connectivity index (χ4v) is 4.36. The molecule has 1 aromatic carbocycles. The molecule has 0 bridgehead atoms. The number of hydrogen-bond acceptors (Lipinski definition) is 5. The lowest BCUT2D eigenvalue weighted by molar-refractivity contribution is 0.151. The Kier molecular flexibility index (Phi) is 3.98. The van der Waals surface area contributed by atoms with Gasteiger partial charge in [-0.25, -0.2) is 22.2 Å². The van der Waals surface area contributed by atoms with Gasteiger partial charge in [0, 0.05) is 11.6 Å². The van der Waals surface area contributed by atoms with Crippen molar-refractivity contribution in [3.8, 4) is 6.07 Å². The first kappa shape index (κ1) is 16.4. The highest BCUT2D eigenvalue weighted by Crippen LogP contribution is 2.32. The zero-order chi connectivity index (χ0) is 17.5. The number of hydrogen-bond donors (Lipinski definition) is 2. The number of H-pyrrole nitrogens is 1. The van der Waals surface area contributed by atoms with Crippen LogP contribution in [0.2, 0.25) is 0 Å². The number of fused-ring (bicyclic) bond motifs is 1. The van der Waals surface area contributed by atoms with Gasteiger partial charge in [-0.3, -0.25) is 4.72 Å². The third kappa shape index (κ3) is 2.72. The summed E-state index contributed by atoms with van der Waals surface area (Å²) in [5.74, 6) is 0. The molecule has 0 atom stereocenters. The van der Waals surface area contributed by atoms with Crippen molar-refractivity contribution in [1.29, 1.82) is 5.26 Å². The number of aromatic nitrogens is 2. The summed E-state index contributed by atoms with van der Waals surface area (Å²) in [6.45, 7) is 1.80. The first-order valence-electron chi connectivity index (χ1n) is 6.61. The van der Waals surface area contributed by atoms with Gasteiger partial charge in [0.1, 0.15) is 6.07 Å². The molecule has 0 saturated carbocycles. The molecule has 3 rings (SSSR count). The van der Waals surface area contributed by atoms with Crippen LogP contribution < -0.4 is 4.72 Å². The van der Waals surface area contributed by atoms with E-state index in [0.29, 0.717) is 27.8 Å². The topological polar surface area (TPSA) is 98.6 Å². The molecule has 2 heterocycles.